The molecule has 1 aliphatic rings. The number of nitrogens with zero attached hydrogens (tertiary/aromatic N) is 5. The quantitative estimate of drug-likeness (QED) is 0.367. The van der Waals surface area contributed by atoms with Crippen LogP contribution in [0.25, 0.3) is 0 Å². The van der Waals surface area contributed by atoms with Crippen molar-refractivity contribution in [3.05, 3.63) is 11.7 Å². The minimum atomic E-state index is -0.635. The van der Waals surface area contributed by atoms with Gasteiger partial charge >= 0.3 is 0 Å². The van der Waals surface area contributed by atoms with Crippen LogP contribution in [0.15, 0.2) is 9.52 Å². The van der Waals surface area contributed by atoms with Crippen LogP contribution in [0.2, 0.25) is 0 Å². The van der Waals surface area contributed by atoms with Crippen molar-refractivity contribution in [2.45, 2.75) is 39.8 Å². The van der Waals surface area contributed by atoms with Gasteiger partial charge in [-0.05, 0) is 20.8 Å². The van der Waals surface area contributed by atoms with Crippen LogP contribution in [-0.2, 0) is 11.3 Å². The molecule has 0 unspecified atom stereocenters. The highest BCUT2D eigenvalue weighted by Gasteiger charge is 2.35. The molecule has 0 spiro atoms. The number of hydrogen-bond donors (Lipinski definition) is 2. The molecule has 3 N–H and O–H groups in total. The Balaban J connectivity index is 0.00000312. The summed E-state index contributed by atoms with van der Waals surface area (Å²) in [6, 6.07) is 0. The van der Waals surface area contributed by atoms with Gasteiger partial charge in [-0.15, -0.1) is 24.0 Å². The third kappa shape index (κ3) is 5.53. The standard InChI is InChI=1S/C15H27N7O2.HI/c1-5-17-14(18-10-12-19-11(2)24-20-12)21-6-8-22(9-7-21)15(3,4)13(16)23;/h5-10H2,1-4H3,(H2,16,23)(H,17,18);1H. The minimum absolute atomic E-state index is 0. The normalized spacial score (nSPS) is 16.5. The van der Waals surface area contributed by atoms with E-state index in [1.54, 1.807) is 6.92 Å². The Hall–Kier alpha value is -1.43. The van der Waals surface area contributed by atoms with E-state index in [-0.39, 0.29) is 29.9 Å². The molecule has 1 amide bonds. The topological polar surface area (TPSA) is 113 Å². The van der Waals surface area contributed by atoms with Crippen LogP contribution in [0.5, 0.6) is 0 Å². The summed E-state index contributed by atoms with van der Waals surface area (Å²) in [5.74, 6) is 1.62. The van der Waals surface area contributed by atoms with E-state index in [0.29, 0.717) is 18.3 Å². The summed E-state index contributed by atoms with van der Waals surface area (Å²) in [7, 11) is 0. The van der Waals surface area contributed by atoms with Crippen LogP contribution in [0, 0.1) is 6.92 Å². The maximum absolute atomic E-state index is 11.6. The molecule has 0 saturated carbocycles. The summed E-state index contributed by atoms with van der Waals surface area (Å²) >= 11 is 0. The molecule has 1 aromatic rings. The summed E-state index contributed by atoms with van der Waals surface area (Å²) in [4.78, 5) is 24.6. The van der Waals surface area contributed by atoms with Gasteiger partial charge in [0.2, 0.25) is 11.8 Å². The number of nitrogens with one attached hydrogen (secondary N) is 1. The van der Waals surface area contributed by atoms with Gasteiger partial charge in [0.1, 0.15) is 6.54 Å². The summed E-state index contributed by atoms with van der Waals surface area (Å²) in [5.41, 5.74) is 4.87. The number of hydrogen-bond acceptors (Lipinski definition) is 6. The molecule has 1 fully saturated rings. The number of carbonyl (C=O) groups excluding carboxylic acids is 1. The summed E-state index contributed by atoms with van der Waals surface area (Å²) in [6.07, 6.45) is 0. The minimum Gasteiger partial charge on any atom is -0.368 e. The van der Waals surface area contributed by atoms with E-state index in [1.165, 1.54) is 0 Å². The van der Waals surface area contributed by atoms with Gasteiger partial charge < -0.3 is 20.5 Å². The zero-order valence-electron chi connectivity index (χ0n) is 15.3. The number of aliphatic imine (C=N–C) groups is 1. The first-order valence-electron chi connectivity index (χ1n) is 8.22. The molecule has 0 bridgehead atoms. The lowest BCUT2D eigenvalue weighted by Gasteiger charge is -2.43. The maximum Gasteiger partial charge on any atom is 0.237 e. The average molecular weight is 465 g/mol. The van der Waals surface area contributed by atoms with Crippen molar-refractivity contribution in [1.29, 1.82) is 0 Å². The number of guanidine groups is 1. The van der Waals surface area contributed by atoms with E-state index in [4.69, 9.17) is 10.3 Å². The molecule has 0 radical (unpaired) electrons. The third-order valence-electron chi connectivity index (χ3n) is 4.25. The molecule has 1 aliphatic heterocycles. The molecule has 0 aliphatic carbocycles. The van der Waals surface area contributed by atoms with Crippen molar-refractivity contribution in [3.63, 3.8) is 0 Å². The van der Waals surface area contributed by atoms with Gasteiger partial charge in [0.25, 0.3) is 0 Å². The molecule has 0 atom stereocenters. The van der Waals surface area contributed by atoms with E-state index in [1.807, 2.05) is 20.8 Å². The van der Waals surface area contributed by atoms with Crippen molar-refractivity contribution in [3.8, 4) is 0 Å². The molecule has 1 saturated heterocycles. The van der Waals surface area contributed by atoms with E-state index in [9.17, 15) is 4.79 Å². The molecule has 25 heavy (non-hydrogen) atoms. The highest BCUT2D eigenvalue weighted by atomic mass is 127. The Kier molecular flexibility index (Phi) is 8.06. The molecule has 2 heterocycles. The molecular weight excluding hydrogens is 437 g/mol. The molecule has 2 rings (SSSR count). The van der Waals surface area contributed by atoms with E-state index >= 15 is 0 Å². The van der Waals surface area contributed by atoms with Gasteiger partial charge in [0, 0.05) is 39.6 Å². The second kappa shape index (κ2) is 9.32. The molecule has 10 heteroatoms. The third-order valence-corrected chi connectivity index (χ3v) is 4.25. The number of aromatic nitrogens is 2. The smallest absolute Gasteiger partial charge is 0.237 e. The first-order chi connectivity index (χ1) is 11.3. The Labute approximate surface area is 165 Å². The monoisotopic (exact) mass is 465 g/mol. The Morgan fingerprint density at radius 1 is 1.36 bits per heavy atom. The number of piperazine rings is 1. The highest BCUT2D eigenvalue weighted by Crippen LogP contribution is 2.16. The van der Waals surface area contributed by atoms with E-state index in [2.05, 4.69) is 30.2 Å². The van der Waals surface area contributed by atoms with Gasteiger partial charge in [-0.1, -0.05) is 5.16 Å². The van der Waals surface area contributed by atoms with Gasteiger partial charge in [-0.2, -0.15) is 4.98 Å². The van der Waals surface area contributed by atoms with E-state index in [0.717, 1.165) is 38.7 Å². The lowest BCUT2D eigenvalue weighted by atomic mass is 10.0. The Bertz CT molecular complexity index is 594. The van der Waals surface area contributed by atoms with Crippen LogP contribution < -0.4 is 11.1 Å². The predicted molar refractivity (Wildman–Crippen MR) is 106 cm³/mol. The molecule has 142 valence electrons. The summed E-state index contributed by atoms with van der Waals surface area (Å²) in [6.45, 7) is 11.7. The molecule has 9 nitrogen and oxygen atoms in total. The number of nitrogens with two attached hydrogens (primary N) is 1. The predicted octanol–water partition coefficient (Wildman–Crippen LogP) is 0.343. The lowest BCUT2D eigenvalue weighted by molar-refractivity contribution is -0.129. The summed E-state index contributed by atoms with van der Waals surface area (Å²) in [5, 5.41) is 7.14. The van der Waals surface area contributed by atoms with Gasteiger partial charge in [-0.25, -0.2) is 4.99 Å². The number of carbonyl (C=O) groups is 1. The fourth-order valence-electron chi connectivity index (χ4n) is 2.61. The average Bonchev–Trinajstić information content (AvgIpc) is 2.97. The van der Waals surface area contributed by atoms with Crippen LogP contribution in [0.3, 0.4) is 0 Å². The van der Waals surface area contributed by atoms with Gasteiger partial charge in [0.05, 0.1) is 5.54 Å². The fourth-order valence-corrected chi connectivity index (χ4v) is 2.61. The van der Waals surface area contributed by atoms with Crippen LogP contribution in [0.4, 0.5) is 0 Å². The van der Waals surface area contributed by atoms with Gasteiger partial charge in [0.15, 0.2) is 11.8 Å². The zero-order valence-corrected chi connectivity index (χ0v) is 17.6. The van der Waals surface area contributed by atoms with E-state index < -0.39 is 5.54 Å². The Morgan fingerprint density at radius 3 is 2.48 bits per heavy atom. The van der Waals surface area contributed by atoms with Crippen LogP contribution >= 0.6 is 24.0 Å². The van der Waals surface area contributed by atoms with Crippen molar-refractivity contribution in [2.75, 3.05) is 32.7 Å². The Morgan fingerprint density at radius 2 is 2.00 bits per heavy atom. The maximum atomic E-state index is 11.6. The molecule has 1 aromatic heterocycles. The summed E-state index contributed by atoms with van der Waals surface area (Å²) < 4.78 is 4.96. The van der Waals surface area contributed by atoms with Crippen LogP contribution in [0.1, 0.15) is 32.5 Å². The van der Waals surface area contributed by atoms with Crippen molar-refractivity contribution >= 4 is 35.8 Å². The van der Waals surface area contributed by atoms with Gasteiger partial charge in [-0.3, -0.25) is 9.69 Å². The number of halogens is 1. The lowest BCUT2D eigenvalue weighted by Crippen LogP contribution is -2.61. The van der Waals surface area contributed by atoms with Crippen molar-refractivity contribution in [1.82, 2.24) is 25.3 Å². The number of aryl methyl sites for hydroxylation is 1. The van der Waals surface area contributed by atoms with Crippen molar-refractivity contribution < 1.29 is 9.32 Å². The molecule has 0 aromatic carbocycles. The number of amides is 1. The fraction of sp³-hybridized carbons (Fsp3) is 0.733. The highest BCUT2D eigenvalue weighted by molar-refractivity contribution is 14.0. The largest absolute Gasteiger partial charge is 0.368 e. The first-order valence-corrected chi connectivity index (χ1v) is 8.22. The number of rotatable bonds is 5. The second-order valence-electron chi connectivity index (χ2n) is 6.30. The molecular formula is C15H28IN7O2. The number of primary amides is 1. The first kappa shape index (κ1) is 21.6. The SMILES string of the molecule is CCNC(=NCc1noc(C)n1)N1CCN(C(C)(C)C(N)=O)CC1.I. The second-order valence-corrected chi connectivity index (χ2v) is 6.30. The van der Waals surface area contributed by atoms with Crippen molar-refractivity contribution in [2.24, 2.45) is 10.7 Å². The van der Waals surface area contributed by atoms with Crippen LogP contribution in [-0.4, -0.2) is 70.1 Å². The zero-order chi connectivity index (χ0) is 17.7.